The number of hydrogen-bond acceptors (Lipinski definition) is 3. The van der Waals surface area contributed by atoms with Gasteiger partial charge >= 0.3 is 0 Å². The molecule has 0 aliphatic carbocycles. The van der Waals surface area contributed by atoms with Crippen LogP contribution in [-0.2, 0) is 0 Å². The standard InChI is InChI=1S/C13H16N2O/c1-10-2-4-12(5-3-10)15-13(8-14)11-6-7-16-9-11/h2-7,9,13,15H,8,14H2,1H3. The van der Waals surface area contributed by atoms with Crippen LogP contribution in [0.15, 0.2) is 47.3 Å². The Kier molecular flexibility index (Phi) is 3.27. The number of nitrogens with two attached hydrogens (primary N) is 1. The van der Waals surface area contributed by atoms with Crippen LogP contribution in [0, 0.1) is 6.92 Å². The minimum Gasteiger partial charge on any atom is -0.472 e. The maximum atomic E-state index is 5.74. The predicted octanol–water partition coefficient (Wildman–Crippen LogP) is 2.70. The molecule has 0 aliphatic rings. The molecule has 2 rings (SSSR count). The summed E-state index contributed by atoms with van der Waals surface area (Å²) in [5, 5.41) is 3.37. The van der Waals surface area contributed by atoms with Gasteiger partial charge in [0.2, 0.25) is 0 Å². The molecule has 1 unspecified atom stereocenters. The lowest BCUT2D eigenvalue weighted by Crippen LogP contribution is -2.19. The second-order valence-electron chi connectivity index (χ2n) is 3.86. The fourth-order valence-corrected chi connectivity index (χ4v) is 1.60. The second kappa shape index (κ2) is 4.86. The van der Waals surface area contributed by atoms with Gasteiger partial charge in [-0.3, -0.25) is 0 Å². The lowest BCUT2D eigenvalue weighted by Gasteiger charge is -2.16. The van der Waals surface area contributed by atoms with Gasteiger partial charge in [-0.15, -0.1) is 0 Å². The zero-order valence-electron chi connectivity index (χ0n) is 9.31. The molecule has 1 heterocycles. The molecule has 3 heteroatoms. The van der Waals surface area contributed by atoms with E-state index in [0.29, 0.717) is 6.54 Å². The summed E-state index contributed by atoms with van der Waals surface area (Å²) in [5.74, 6) is 0. The first kappa shape index (κ1) is 10.8. The summed E-state index contributed by atoms with van der Waals surface area (Å²) in [5.41, 5.74) is 9.13. The van der Waals surface area contributed by atoms with Gasteiger partial charge in [0.25, 0.3) is 0 Å². The first-order chi connectivity index (χ1) is 7.79. The largest absolute Gasteiger partial charge is 0.472 e. The van der Waals surface area contributed by atoms with Gasteiger partial charge in [0.1, 0.15) is 0 Å². The fourth-order valence-electron chi connectivity index (χ4n) is 1.60. The molecule has 2 aromatic rings. The molecule has 0 amide bonds. The molecule has 0 spiro atoms. The highest BCUT2D eigenvalue weighted by atomic mass is 16.3. The van der Waals surface area contributed by atoms with Crippen molar-refractivity contribution in [2.45, 2.75) is 13.0 Å². The maximum Gasteiger partial charge on any atom is 0.0955 e. The Balaban J connectivity index is 2.10. The molecule has 0 fully saturated rings. The van der Waals surface area contributed by atoms with Crippen molar-refractivity contribution in [1.82, 2.24) is 0 Å². The third-order valence-corrected chi connectivity index (χ3v) is 2.57. The van der Waals surface area contributed by atoms with Crippen molar-refractivity contribution in [2.75, 3.05) is 11.9 Å². The smallest absolute Gasteiger partial charge is 0.0955 e. The average Bonchev–Trinajstić information content (AvgIpc) is 2.82. The Labute approximate surface area is 95.3 Å². The molecule has 0 radical (unpaired) electrons. The zero-order chi connectivity index (χ0) is 11.4. The number of rotatable bonds is 4. The Bertz CT molecular complexity index is 420. The van der Waals surface area contributed by atoms with E-state index in [1.54, 1.807) is 12.5 Å². The fraction of sp³-hybridized carbons (Fsp3) is 0.231. The highest BCUT2D eigenvalue weighted by Crippen LogP contribution is 2.19. The molecular formula is C13H16N2O. The molecule has 3 N–H and O–H groups in total. The lowest BCUT2D eigenvalue weighted by atomic mass is 10.1. The van der Waals surface area contributed by atoms with E-state index >= 15 is 0 Å². The Morgan fingerprint density at radius 2 is 2.00 bits per heavy atom. The number of benzene rings is 1. The summed E-state index contributed by atoms with van der Waals surface area (Å²) in [6.45, 7) is 2.60. The van der Waals surface area contributed by atoms with Crippen LogP contribution in [0.4, 0.5) is 5.69 Å². The Hall–Kier alpha value is -1.74. The SMILES string of the molecule is Cc1ccc(NC(CN)c2ccoc2)cc1. The van der Waals surface area contributed by atoms with E-state index in [2.05, 4.69) is 36.5 Å². The number of anilines is 1. The third-order valence-electron chi connectivity index (χ3n) is 2.57. The molecule has 3 nitrogen and oxygen atoms in total. The van der Waals surface area contributed by atoms with Crippen molar-refractivity contribution in [2.24, 2.45) is 5.73 Å². The van der Waals surface area contributed by atoms with E-state index < -0.39 is 0 Å². The number of furan rings is 1. The Morgan fingerprint density at radius 1 is 1.25 bits per heavy atom. The van der Waals surface area contributed by atoms with Crippen LogP contribution in [0.2, 0.25) is 0 Å². The normalized spacial score (nSPS) is 12.4. The first-order valence-corrected chi connectivity index (χ1v) is 5.35. The maximum absolute atomic E-state index is 5.74. The number of aryl methyl sites for hydroxylation is 1. The van der Waals surface area contributed by atoms with Gasteiger partial charge < -0.3 is 15.5 Å². The van der Waals surface area contributed by atoms with Gasteiger partial charge in [0.05, 0.1) is 18.6 Å². The van der Waals surface area contributed by atoms with Crippen molar-refractivity contribution >= 4 is 5.69 Å². The minimum atomic E-state index is 0.0986. The van der Waals surface area contributed by atoms with Gasteiger partial charge in [0, 0.05) is 17.8 Å². The van der Waals surface area contributed by atoms with Gasteiger partial charge in [0.15, 0.2) is 0 Å². The number of nitrogens with one attached hydrogen (secondary N) is 1. The lowest BCUT2D eigenvalue weighted by molar-refractivity contribution is 0.561. The van der Waals surface area contributed by atoms with Crippen LogP contribution in [0.1, 0.15) is 17.2 Å². The van der Waals surface area contributed by atoms with Gasteiger partial charge in [-0.05, 0) is 25.1 Å². The summed E-state index contributed by atoms with van der Waals surface area (Å²) < 4.78 is 5.06. The Morgan fingerprint density at radius 3 is 2.56 bits per heavy atom. The molecule has 1 aromatic carbocycles. The first-order valence-electron chi connectivity index (χ1n) is 5.35. The topological polar surface area (TPSA) is 51.2 Å². The summed E-state index contributed by atoms with van der Waals surface area (Å²) >= 11 is 0. The van der Waals surface area contributed by atoms with E-state index in [-0.39, 0.29) is 6.04 Å². The van der Waals surface area contributed by atoms with Crippen LogP contribution in [0.25, 0.3) is 0 Å². The van der Waals surface area contributed by atoms with E-state index in [9.17, 15) is 0 Å². The zero-order valence-corrected chi connectivity index (χ0v) is 9.31. The third kappa shape index (κ3) is 2.44. The monoisotopic (exact) mass is 216 g/mol. The van der Waals surface area contributed by atoms with Crippen LogP contribution in [0.5, 0.6) is 0 Å². The van der Waals surface area contributed by atoms with Gasteiger partial charge in [-0.25, -0.2) is 0 Å². The van der Waals surface area contributed by atoms with Crippen LogP contribution >= 0.6 is 0 Å². The molecule has 0 bridgehead atoms. The van der Waals surface area contributed by atoms with Crippen molar-refractivity contribution in [1.29, 1.82) is 0 Å². The average molecular weight is 216 g/mol. The van der Waals surface area contributed by atoms with Crippen molar-refractivity contribution in [3.05, 3.63) is 54.0 Å². The predicted molar refractivity (Wildman–Crippen MR) is 65.3 cm³/mol. The minimum absolute atomic E-state index is 0.0986. The molecule has 0 aliphatic heterocycles. The number of hydrogen-bond donors (Lipinski definition) is 2. The van der Waals surface area contributed by atoms with E-state index in [1.165, 1.54) is 5.56 Å². The highest BCUT2D eigenvalue weighted by molar-refractivity contribution is 5.46. The molecule has 84 valence electrons. The van der Waals surface area contributed by atoms with E-state index in [0.717, 1.165) is 11.3 Å². The van der Waals surface area contributed by atoms with E-state index in [1.807, 2.05) is 6.07 Å². The molecule has 0 saturated carbocycles. The van der Waals surface area contributed by atoms with Crippen molar-refractivity contribution in [3.63, 3.8) is 0 Å². The van der Waals surface area contributed by atoms with E-state index in [4.69, 9.17) is 10.2 Å². The van der Waals surface area contributed by atoms with Gasteiger partial charge in [-0.1, -0.05) is 17.7 Å². The quantitative estimate of drug-likeness (QED) is 0.826. The van der Waals surface area contributed by atoms with Crippen LogP contribution in [0.3, 0.4) is 0 Å². The highest BCUT2D eigenvalue weighted by Gasteiger charge is 2.09. The molecule has 1 aromatic heterocycles. The summed E-state index contributed by atoms with van der Waals surface area (Å²) in [4.78, 5) is 0. The van der Waals surface area contributed by atoms with Crippen LogP contribution in [-0.4, -0.2) is 6.54 Å². The summed E-state index contributed by atoms with van der Waals surface area (Å²) in [6, 6.07) is 10.3. The molecule has 16 heavy (non-hydrogen) atoms. The van der Waals surface area contributed by atoms with Crippen molar-refractivity contribution < 1.29 is 4.42 Å². The summed E-state index contributed by atoms with van der Waals surface area (Å²) in [7, 11) is 0. The molecular weight excluding hydrogens is 200 g/mol. The van der Waals surface area contributed by atoms with Gasteiger partial charge in [-0.2, -0.15) is 0 Å². The molecule has 1 atom stereocenters. The molecule has 0 saturated heterocycles. The van der Waals surface area contributed by atoms with Crippen LogP contribution < -0.4 is 11.1 Å². The second-order valence-corrected chi connectivity index (χ2v) is 3.86. The summed E-state index contributed by atoms with van der Waals surface area (Å²) in [6.07, 6.45) is 3.38. The van der Waals surface area contributed by atoms with Crippen molar-refractivity contribution in [3.8, 4) is 0 Å².